The van der Waals surface area contributed by atoms with Crippen LogP contribution in [-0.2, 0) is 6.42 Å². The number of Topliss-reactive ketones (excluding diaryl/α,β-unsaturated/α-hetero) is 1. The van der Waals surface area contributed by atoms with Gasteiger partial charge in [0.05, 0.1) is 0 Å². The quantitative estimate of drug-likeness (QED) is 0.793. The summed E-state index contributed by atoms with van der Waals surface area (Å²) in [4.78, 5) is 11.9. The molecule has 0 aliphatic heterocycles. The second-order valence-electron chi connectivity index (χ2n) is 3.82. The summed E-state index contributed by atoms with van der Waals surface area (Å²) < 4.78 is 0. The molecule has 0 saturated carbocycles. The standard InChI is InChI=1S/C14H12O3/c15-12-7-11(8-13(16)9-12)14(17)6-10-4-2-1-3-5-10/h1-5,7-9,15-16H,6H2. The highest BCUT2D eigenvalue weighted by molar-refractivity contribution is 5.98. The normalized spacial score (nSPS) is 10.1. The number of phenols is 2. The van der Waals surface area contributed by atoms with Gasteiger partial charge in [-0.1, -0.05) is 30.3 Å². The molecule has 0 bridgehead atoms. The number of rotatable bonds is 3. The fourth-order valence-corrected chi connectivity index (χ4v) is 1.64. The van der Waals surface area contributed by atoms with E-state index in [2.05, 4.69) is 0 Å². The molecule has 17 heavy (non-hydrogen) atoms. The van der Waals surface area contributed by atoms with Crippen LogP contribution in [0.2, 0.25) is 0 Å². The Hall–Kier alpha value is -2.29. The first-order valence-electron chi connectivity index (χ1n) is 5.25. The number of aromatic hydroxyl groups is 2. The van der Waals surface area contributed by atoms with Gasteiger partial charge in [-0.3, -0.25) is 4.79 Å². The third-order valence-corrected chi connectivity index (χ3v) is 2.43. The number of benzene rings is 2. The number of hydrogen-bond donors (Lipinski definition) is 2. The van der Waals surface area contributed by atoms with Crippen molar-refractivity contribution in [3.05, 3.63) is 59.7 Å². The zero-order chi connectivity index (χ0) is 12.3. The first kappa shape index (κ1) is 11.2. The van der Waals surface area contributed by atoms with Crippen LogP contribution in [0.15, 0.2) is 48.5 Å². The summed E-state index contributed by atoms with van der Waals surface area (Å²) in [6, 6.07) is 13.2. The van der Waals surface area contributed by atoms with Crippen LogP contribution in [0.4, 0.5) is 0 Å². The molecule has 0 amide bonds. The van der Waals surface area contributed by atoms with E-state index in [1.807, 2.05) is 30.3 Å². The lowest BCUT2D eigenvalue weighted by atomic mass is 10.0. The lowest BCUT2D eigenvalue weighted by Gasteiger charge is -2.03. The molecule has 0 aliphatic carbocycles. The molecule has 0 aromatic heterocycles. The van der Waals surface area contributed by atoms with Gasteiger partial charge in [0.2, 0.25) is 0 Å². The maximum atomic E-state index is 11.9. The van der Waals surface area contributed by atoms with E-state index in [-0.39, 0.29) is 23.7 Å². The minimum Gasteiger partial charge on any atom is -0.508 e. The van der Waals surface area contributed by atoms with E-state index in [0.29, 0.717) is 5.56 Å². The topological polar surface area (TPSA) is 57.5 Å². The third kappa shape index (κ3) is 2.84. The van der Waals surface area contributed by atoms with Crippen molar-refractivity contribution in [3.63, 3.8) is 0 Å². The minimum absolute atomic E-state index is 0.110. The SMILES string of the molecule is O=C(Cc1ccccc1)c1cc(O)cc(O)c1. The van der Waals surface area contributed by atoms with E-state index in [0.717, 1.165) is 5.56 Å². The van der Waals surface area contributed by atoms with E-state index in [4.69, 9.17) is 0 Å². The van der Waals surface area contributed by atoms with Crippen molar-refractivity contribution in [1.29, 1.82) is 0 Å². The zero-order valence-corrected chi connectivity index (χ0v) is 9.13. The molecule has 0 radical (unpaired) electrons. The summed E-state index contributed by atoms with van der Waals surface area (Å²) in [6.45, 7) is 0. The highest BCUT2D eigenvalue weighted by atomic mass is 16.3. The predicted octanol–water partition coefficient (Wildman–Crippen LogP) is 2.52. The van der Waals surface area contributed by atoms with Crippen molar-refractivity contribution in [2.45, 2.75) is 6.42 Å². The van der Waals surface area contributed by atoms with E-state index in [1.54, 1.807) is 0 Å². The van der Waals surface area contributed by atoms with Crippen molar-refractivity contribution >= 4 is 5.78 Å². The molecule has 0 spiro atoms. The Labute approximate surface area is 99.0 Å². The van der Waals surface area contributed by atoms with Crippen LogP contribution in [0, 0.1) is 0 Å². The second-order valence-corrected chi connectivity index (χ2v) is 3.82. The molecule has 3 nitrogen and oxygen atoms in total. The summed E-state index contributed by atoms with van der Waals surface area (Å²) in [6.07, 6.45) is 0.254. The predicted molar refractivity (Wildman–Crippen MR) is 64.2 cm³/mol. The average Bonchev–Trinajstić information content (AvgIpc) is 2.29. The van der Waals surface area contributed by atoms with Crippen molar-refractivity contribution in [2.75, 3.05) is 0 Å². The van der Waals surface area contributed by atoms with Crippen LogP contribution in [0.5, 0.6) is 11.5 Å². The highest BCUT2D eigenvalue weighted by Gasteiger charge is 2.09. The van der Waals surface area contributed by atoms with Crippen molar-refractivity contribution in [3.8, 4) is 11.5 Å². The van der Waals surface area contributed by atoms with E-state index in [9.17, 15) is 15.0 Å². The smallest absolute Gasteiger partial charge is 0.167 e. The molecule has 0 atom stereocenters. The Morgan fingerprint density at radius 3 is 2.12 bits per heavy atom. The Kier molecular flexibility index (Phi) is 3.10. The number of ketones is 1. The Balaban J connectivity index is 2.20. The van der Waals surface area contributed by atoms with Gasteiger partial charge in [0.15, 0.2) is 5.78 Å². The molecule has 0 unspecified atom stereocenters. The Morgan fingerprint density at radius 1 is 0.941 bits per heavy atom. The lowest BCUT2D eigenvalue weighted by molar-refractivity contribution is 0.0992. The maximum absolute atomic E-state index is 11.9. The molecule has 3 heteroatoms. The highest BCUT2D eigenvalue weighted by Crippen LogP contribution is 2.21. The van der Waals surface area contributed by atoms with Crippen LogP contribution >= 0.6 is 0 Å². The summed E-state index contributed by atoms with van der Waals surface area (Å²) in [5.74, 6) is -0.356. The van der Waals surface area contributed by atoms with Gasteiger partial charge in [-0.25, -0.2) is 0 Å². The average molecular weight is 228 g/mol. The molecule has 2 N–H and O–H groups in total. The van der Waals surface area contributed by atoms with E-state index in [1.165, 1.54) is 18.2 Å². The first-order valence-corrected chi connectivity index (χ1v) is 5.25. The fraction of sp³-hybridized carbons (Fsp3) is 0.0714. The van der Waals surface area contributed by atoms with E-state index >= 15 is 0 Å². The number of carbonyl (C=O) groups is 1. The van der Waals surface area contributed by atoms with Crippen molar-refractivity contribution in [2.24, 2.45) is 0 Å². The van der Waals surface area contributed by atoms with E-state index < -0.39 is 0 Å². The molecular formula is C14H12O3. The van der Waals surface area contributed by atoms with Crippen molar-refractivity contribution < 1.29 is 15.0 Å². The van der Waals surface area contributed by atoms with Crippen LogP contribution < -0.4 is 0 Å². The van der Waals surface area contributed by atoms with Gasteiger partial charge in [0.1, 0.15) is 11.5 Å². The van der Waals surface area contributed by atoms with Gasteiger partial charge in [-0.2, -0.15) is 0 Å². The molecule has 86 valence electrons. The third-order valence-electron chi connectivity index (χ3n) is 2.43. The van der Waals surface area contributed by atoms with Gasteiger partial charge >= 0.3 is 0 Å². The molecule has 0 heterocycles. The van der Waals surface area contributed by atoms with Gasteiger partial charge in [0.25, 0.3) is 0 Å². The van der Waals surface area contributed by atoms with Gasteiger partial charge in [-0.15, -0.1) is 0 Å². The molecule has 0 saturated heterocycles. The minimum atomic E-state index is -0.137. The molecule has 2 rings (SSSR count). The van der Waals surface area contributed by atoms with Gasteiger partial charge in [-0.05, 0) is 17.7 Å². The summed E-state index contributed by atoms with van der Waals surface area (Å²) in [7, 11) is 0. The van der Waals surface area contributed by atoms with Crippen molar-refractivity contribution in [1.82, 2.24) is 0 Å². The molecule has 0 fully saturated rings. The summed E-state index contributed by atoms with van der Waals surface area (Å²) in [5.41, 5.74) is 1.21. The Morgan fingerprint density at radius 2 is 1.53 bits per heavy atom. The molecular weight excluding hydrogens is 216 g/mol. The van der Waals surface area contributed by atoms with Crippen LogP contribution in [0.25, 0.3) is 0 Å². The zero-order valence-electron chi connectivity index (χ0n) is 9.13. The van der Waals surface area contributed by atoms with Gasteiger partial charge < -0.3 is 10.2 Å². The molecule has 0 aliphatic rings. The second kappa shape index (κ2) is 4.70. The Bertz CT molecular complexity index is 512. The fourth-order valence-electron chi connectivity index (χ4n) is 1.64. The molecule has 2 aromatic rings. The maximum Gasteiger partial charge on any atom is 0.167 e. The van der Waals surface area contributed by atoms with Gasteiger partial charge in [0, 0.05) is 18.1 Å². The summed E-state index contributed by atoms with van der Waals surface area (Å²) in [5, 5.41) is 18.6. The number of hydrogen-bond acceptors (Lipinski definition) is 3. The number of carbonyl (C=O) groups excluding carboxylic acids is 1. The first-order chi connectivity index (χ1) is 8.15. The largest absolute Gasteiger partial charge is 0.508 e. The monoisotopic (exact) mass is 228 g/mol. The summed E-state index contributed by atoms with van der Waals surface area (Å²) >= 11 is 0. The molecule has 2 aromatic carbocycles. The van der Waals surface area contributed by atoms with Crippen LogP contribution in [0.1, 0.15) is 15.9 Å². The van der Waals surface area contributed by atoms with Crippen LogP contribution in [-0.4, -0.2) is 16.0 Å². The van der Waals surface area contributed by atoms with Crippen LogP contribution in [0.3, 0.4) is 0 Å². The lowest BCUT2D eigenvalue weighted by Crippen LogP contribution is -2.03. The number of phenolic OH excluding ortho intramolecular Hbond substituents is 2.